The Kier molecular flexibility index (Phi) is 5.54. The van der Waals surface area contributed by atoms with Gasteiger partial charge >= 0.3 is 5.97 Å². The summed E-state index contributed by atoms with van der Waals surface area (Å²) in [6.07, 6.45) is 0.163. The summed E-state index contributed by atoms with van der Waals surface area (Å²) in [5, 5.41) is 4.61. The van der Waals surface area contributed by atoms with Crippen LogP contribution in [0.25, 0.3) is 32.7 Å². The highest BCUT2D eigenvalue weighted by Crippen LogP contribution is 2.40. The molecule has 0 fully saturated rings. The Morgan fingerprint density at radius 3 is 2.09 bits per heavy atom. The van der Waals surface area contributed by atoms with Crippen LogP contribution in [0.2, 0.25) is 0 Å². The molecule has 32 heavy (non-hydrogen) atoms. The van der Waals surface area contributed by atoms with Crippen LogP contribution in [-0.2, 0) is 4.79 Å². The van der Waals surface area contributed by atoms with Gasteiger partial charge in [0.1, 0.15) is 11.5 Å². The number of carbonyl (C=O) groups is 1. The van der Waals surface area contributed by atoms with Gasteiger partial charge in [0.15, 0.2) is 0 Å². The molecule has 3 nitrogen and oxygen atoms in total. The second-order valence-corrected chi connectivity index (χ2v) is 7.57. The number of carbonyl (C=O) groups excluding carboxylic acids is 1. The van der Waals surface area contributed by atoms with E-state index in [4.69, 9.17) is 9.47 Å². The highest BCUT2D eigenvalue weighted by Gasteiger charge is 2.15. The van der Waals surface area contributed by atoms with Gasteiger partial charge in [-0.2, -0.15) is 0 Å². The Morgan fingerprint density at radius 2 is 1.28 bits per heavy atom. The molecule has 0 unspecified atom stereocenters. The molecule has 0 saturated heterocycles. The number of para-hydroxylation sites is 1. The van der Waals surface area contributed by atoms with E-state index in [0.717, 1.165) is 27.6 Å². The monoisotopic (exact) mass is 418 g/mol. The van der Waals surface area contributed by atoms with Crippen molar-refractivity contribution < 1.29 is 14.3 Å². The van der Waals surface area contributed by atoms with E-state index in [1.54, 1.807) is 12.1 Å². The fourth-order valence-corrected chi connectivity index (χ4v) is 4.01. The molecule has 0 radical (unpaired) electrons. The average Bonchev–Trinajstić information content (AvgIpc) is 2.84. The predicted molar refractivity (Wildman–Crippen MR) is 129 cm³/mol. The zero-order valence-corrected chi connectivity index (χ0v) is 17.5. The molecule has 0 aliphatic heterocycles. The molecular weight excluding hydrogens is 396 g/mol. The van der Waals surface area contributed by atoms with E-state index in [1.165, 1.54) is 10.8 Å². The maximum absolute atomic E-state index is 12.2. The third kappa shape index (κ3) is 4.06. The Labute approximate surface area is 186 Å². The summed E-state index contributed by atoms with van der Waals surface area (Å²) in [6.45, 7) is 0.238. The number of benzene rings is 5. The third-order valence-electron chi connectivity index (χ3n) is 5.49. The summed E-state index contributed by atoms with van der Waals surface area (Å²) in [4.78, 5) is 12.2. The molecule has 0 amide bonds. The molecular formula is C29H22O3. The Morgan fingerprint density at radius 1 is 0.625 bits per heavy atom. The third-order valence-corrected chi connectivity index (χ3v) is 5.49. The van der Waals surface area contributed by atoms with Crippen LogP contribution in [0, 0.1) is 0 Å². The number of fused-ring (bicyclic) bond motifs is 2. The van der Waals surface area contributed by atoms with Crippen molar-refractivity contribution in [1.82, 2.24) is 0 Å². The van der Waals surface area contributed by atoms with Crippen molar-refractivity contribution in [2.45, 2.75) is 6.42 Å². The lowest BCUT2D eigenvalue weighted by atomic mass is 9.93. The summed E-state index contributed by atoms with van der Waals surface area (Å²) < 4.78 is 11.5. The first-order valence-electron chi connectivity index (χ1n) is 10.7. The molecule has 5 aromatic rings. The number of hydrogen-bond acceptors (Lipinski definition) is 3. The maximum atomic E-state index is 12.2. The van der Waals surface area contributed by atoms with Gasteiger partial charge < -0.3 is 9.47 Å². The highest BCUT2D eigenvalue weighted by atomic mass is 16.5. The predicted octanol–water partition coefficient (Wildman–Crippen LogP) is 7.03. The van der Waals surface area contributed by atoms with Gasteiger partial charge in [-0.15, -0.1) is 0 Å². The van der Waals surface area contributed by atoms with Gasteiger partial charge in [0, 0.05) is 5.56 Å². The minimum Gasteiger partial charge on any atom is -0.492 e. The van der Waals surface area contributed by atoms with Crippen LogP contribution < -0.4 is 9.47 Å². The number of hydrogen-bond donors (Lipinski definition) is 0. The Bertz CT molecular complexity index is 1380. The molecule has 3 heteroatoms. The summed E-state index contributed by atoms with van der Waals surface area (Å²) in [6, 6.07) is 36.1. The van der Waals surface area contributed by atoms with Gasteiger partial charge in [-0.3, -0.25) is 4.79 Å². The van der Waals surface area contributed by atoms with Crippen molar-refractivity contribution >= 4 is 27.5 Å². The first kappa shape index (κ1) is 19.8. The van der Waals surface area contributed by atoms with Gasteiger partial charge in [-0.05, 0) is 45.3 Å². The second kappa shape index (κ2) is 8.94. The summed E-state index contributed by atoms with van der Waals surface area (Å²) >= 11 is 0. The fraction of sp³-hybridized carbons (Fsp3) is 0.0690. The van der Waals surface area contributed by atoms with Crippen LogP contribution >= 0.6 is 0 Å². The topological polar surface area (TPSA) is 35.5 Å². The largest absolute Gasteiger partial charge is 0.492 e. The SMILES string of the molecule is O=C(CCOc1ccc2ccccc2c1-c1cccc2ccccc12)Oc1ccccc1. The van der Waals surface area contributed by atoms with Gasteiger partial charge in [0.05, 0.1) is 13.0 Å². The smallest absolute Gasteiger partial charge is 0.314 e. The van der Waals surface area contributed by atoms with Crippen LogP contribution in [-0.4, -0.2) is 12.6 Å². The molecule has 0 spiro atoms. The standard InChI is InChI=1S/C29H22O3/c30-28(32-23-12-2-1-3-13-23)19-20-31-27-18-17-22-10-5-7-15-25(22)29(27)26-16-8-11-21-9-4-6-14-24(21)26/h1-18H,19-20H2. The van der Waals surface area contributed by atoms with E-state index in [-0.39, 0.29) is 19.0 Å². The van der Waals surface area contributed by atoms with Crippen molar-refractivity contribution in [2.75, 3.05) is 6.61 Å². The molecule has 0 heterocycles. The molecule has 0 aliphatic carbocycles. The van der Waals surface area contributed by atoms with Gasteiger partial charge in [0.25, 0.3) is 0 Å². The van der Waals surface area contributed by atoms with Crippen molar-refractivity contribution in [3.05, 3.63) is 109 Å². The molecule has 0 aromatic heterocycles. The van der Waals surface area contributed by atoms with E-state index in [2.05, 4.69) is 54.6 Å². The summed E-state index contributed by atoms with van der Waals surface area (Å²) in [5.74, 6) is 0.982. The van der Waals surface area contributed by atoms with Crippen LogP contribution in [0.1, 0.15) is 6.42 Å². The maximum Gasteiger partial charge on any atom is 0.314 e. The zero-order chi connectivity index (χ0) is 21.8. The first-order valence-corrected chi connectivity index (χ1v) is 10.7. The van der Waals surface area contributed by atoms with Gasteiger partial charge in [0.2, 0.25) is 0 Å². The zero-order valence-electron chi connectivity index (χ0n) is 17.5. The minimum absolute atomic E-state index is 0.163. The van der Waals surface area contributed by atoms with Crippen LogP contribution in [0.15, 0.2) is 109 Å². The van der Waals surface area contributed by atoms with E-state index in [0.29, 0.717) is 5.75 Å². The van der Waals surface area contributed by atoms with Crippen molar-refractivity contribution in [2.24, 2.45) is 0 Å². The van der Waals surface area contributed by atoms with Gasteiger partial charge in [-0.1, -0.05) is 91.0 Å². The average molecular weight is 418 g/mol. The lowest BCUT2D eigenvalue weighted by Gasteiger charge is -2.16. The van der Waals surface area contributed by atoms with E-state index < -0.39 is 0 Å². The van der Waals surface area contributed by atoms with Gasteiger partial charge in [-0.25, -0.2) is 0 Å². The van der Waals surface area contributed by atoms with Crippen molar-refractivity contribution in [3.8, 4) is 22.6 Å². The van der Waals surface area contributed by atoms with Crippen LogP contribution in [0.4, 0.5) is 0 Å². The van der Waals surface area contributed by atoms with Crippen molar-refractivity contribution in [1.29, 1.82) is 0 Å². The second-order valence-electron chi connectivity index (χ2n) is 7.57. The molecule has 156 valence electrons. The van der Waals surface area contributed by atoms with Crippen molar-refractivity contribution in [3.63, 3.8) is 0 Å². The summed E-state index contributed by atoms with van der Waals surface area (Å²) in [7, 11) is 0. The first-order chi connectivity index (χ1) is 15.8. The quantitative estimate of drug-likeness (QED) is 0.219. The molecule has 0 bridgehead atoms. The van der Waals surface area contributed by atoms with Crippen LogP contribution in [0.3, 0.4) is 0 Å². The van der Waals surface area contributed by atoms with E-state index >= 15 is 0 Å². The molecule has 5 aromatic carbocycles. The molecule has 0 aliphatic rings. The minimum atomic E-state index is -0.316. The highest BCUT2D eigenvalue weighted by molar-refractivity contribution is 6.07. The fourth-order valence-electron chi connectivity index (χ4n) is 4.01. The van der Waals surface area contributed by atoms with Crippen LogP contribution in [0.5, 0.6) is 11.5 Å². The lowest BCUT2D eigenvalue weighted by Crippen LogP contribution is -2.12. The lowest BCUT2D eigenvalue weighted by molar-refractivity contribution is -0.134. The Balaban J connectivity index is 1.47. The van der Waals surface area contributed by atoms with E-state index in [9.17, 15) is 4.79 Å². The van der Waals surface area contributed by atoms with E-state index in [1.807, 2.05) is 42.5 Å². The summed E-state index contributed by atoms with van der Waals surface area (Å²) in [5.41, 5.74) is 2.15. The number of rotatable bonds is 6. The normalized spacial score (nSPS) is 10.9. The molecule has 0 atom stereocenters. The number of esters is 1. The molecule has 0 N–H and O–H groups in total. The molecule has 0 saturated carbocycles. The number of ether oxygens (including phenoxy) is 2. The molecule has 5 rings (SSSR count). The Hall–Kier alpha value is -4.11.